The molecule has 0 saturated carbocycles. The van der Waals surface area contributed by atoms with Crippen LogP contribution in [0.5, 0.6) is 5.75 Å². The Bertz CT molecular complexity index is 1170. The van der Waals surface area contributed by atoms with Crippen molar-refractivity contribution in [1.82, 2.24) is 9.88 Å². The summed E-state index contributed by atoms with van der Waals surface area (Å²) < 4.78 is 5.61. The number of anilines is 2. The van der Waals surface area contributed by atoms with Gasteiger partial charge in [0.05, 0.1) is 0 Å². The number of aromatic amines is 1. The van der Waals surface area contributed by atoms with E-state index >= 15 is 0 Å². The summed E-state index contributed by atoms with van der Waals surface area (Å²) in [6.45, 7) is 2.68. The minimum Gasteiger partial charge on any atom is -0.485 e. The predicted octanol–water partition coefficient (Wildman–Crippen LogP) is 4.86. The summed E-state index contributed by atoms with van der Waals surface area (Å²) in [6.07, 6.45) is 6.88. The minimum atomic E-state index is 0.137. The van der Waals surface area contributed by atoms with E-state index in [0.717, 1.165) is 34.5 Å². The second-order valence-corrected chi connectivity index (χ2v) is 9.94. The fourth-order valence-corrected chi connectivity index (χ4v) is 5.93. The zero-order valence-electron chi connectivity index (χ0n) is 18.7. The molecule has 0 radical (unpaired) electrons. The van der Waals surface area contributed by atoms with Gasteiger partial charge in [0.2, 0.25) is 0 Å². The maximum Gasteiger partial charge on any atom is 0.174 e. The molecular formula is C27H31N3O2. The monoisotopic (exact) mass is 429 g/mol. The van der Waals surface area contributed by atoms with Gasteiger partial charge in [0.25, 0.3) is 0 Å². The summed E-state index contributed by atoms with van der Waals surface area (Å²) in [7, 11) is 2.25. The molecule has 0 spiro atoms. The number of carbonyl (C=O) groups is 1. The van der Waals surface area contributed by atoms with Crippen molar-refractivity contribution < 1.29 is 9.53 Å². The molecular weight excluding hydrogens is 398 g/mol. The molecule has 5 heteroatoms. The largest absolute Gasteiger partial charge is 0.485 e. The van der Waals surface area contributed by atoms with Gasteiger partial charge in [-0.1, -0.05) is 12.1 Å². The third kappa shape index (κ3) is 3.69. The van der Waals surface area contributed by atoms with Crippen molar-refractivity contribution in [2.45, 2.75) is 38.5 Å². The molecule has 3 heterocycles. The number of H-pyrrole nitrogens is 1. The molecule has 1 unspecified atom stereocenters. The Kier molecular flexibility index (Phi) is 4.94. The fourth-order valence-electron chi connectivity index (χ4n) is 5.93. The van der Waals surface area contributed by atoms with Crippen LogP contribution in [0.25, 0.3) is 10.9 Å². The average Bonchev–Trinajstić information content (AvgIpc) is 3.16. The Labute approximate surface area is 189 Å². The molecule has 2 aromatic carbocycles. The molecule has 5 nitrogen and oxygen atoms in total. The molecule has 6 rings (SSSR count). The summed E-state index contributed by atoms with van der Waals surface area (Å²) in [4.78, 5) is 17.8. The molecule has 1 saturated heterocycles. The Hall–Kier alpha value is -2.79. The predicted molar refractivity (Wildman–Crippen MR) is 128 cm³/mol. The third-order valence-corrected chi connectivity index (χ3v) is 7.79. The number of hydrogen-bond donors (Lipinski definition) is 2. The standard InChI is InChI=1S/C27H31N3O2/c1-30-10-8-17(9-11-30)18-3-7-25-24(13-18)23-6-5-20(14-26(23)29-25)28-21-4-2-19-12-22(31)16-32-27(19)15-21/h2,4-6,14-15,17-18,28-29H,3,7-13,16H2,1H3. The number of nitrogens with one attached hydrogen (secondary N) is 2. The van der Waals surface area contributed by atoms with Crippen molar-refractivity contribution in [2.75, 3.05) is 32.1 Å². The topological polar surface area (TPSA) is 57.4 Å². The summed E-state index contributed by atoms with van der Waals surface area (Å²) in [5.41, 5.74) is 7.23. The summed E-state index contributed by atoms with van der Waals surface area (Å²) in [5.74, 6) is 2.66. The van der Waals surface area contributed by atoms with Gasteiger partial charge in [0.1, 0.15) is 12.4 Å². The molecule has 32 heavy (non-hydrogen) atoms. The number of fused-ring (bicyclic) bond motifs is 4. The lowest BCUT2D eigenvalue weighted by Gasteiger charge is -2.36. The lowest BCUT2D eigenvalue weighted by atomic mass is 9.75. The highest BCUT2D eigenvalue weighted by molar-refractivity contribution is 5.89. The van der Waals surface area contributed by atoms with Gasteiger partial charge in [-0.05, 0) is 87.8 Å². The first kappa shape index (κ1) is 19.9. The molecule has 3 aromatic rings. The van der Waals surface area contributed by atoms with E-state index < -0.39 is 0 Å². The Morgan fingerprint density at radius 3 is 2.72 bits per heavy atom. The summed E-state index contributed by atoms with van der Waals surface area (Å²) in [6, 6.07) is 12.7. The normalized spacial score (nSPS) is 21.8. The number of hydrogen-bond acceptors (Lipinski definition) is 4. The quantitative estimate of drug-likeness (QED) is 0.624. The third-order valence-electron chi connectivity index (χ3n) is 7.79. The minimum absolute atomic E-state index is 0.137. The van der Waals surface area contributed by atoms with Gasteiger partial charge in [-0.25, -0.2) is 0 Å². The molecule has 2 aliphatic heterocycles. The Morgan fingerprint density at radius 2 is 1.84 bits per heavy atom. The molecule has 1 aliphatic carbocycles. The van der Waals surface area contributed by atoms with Gasteiger partial charge in [0.15, 0.2) is 5.78 Å². The van der Waals surface area contributed by atoms with Crippen LogP contribution in [0.3, 0.4) is 0 Å². The highest BCUT2D eigenvalue weighted by Crippen LogP contribution is 2.39. The number of nitrogens with zero attached hydrogens (tertiary/aromatic N) is 1. The molecule has 1 fully saturated rings. The molecule has 2 N–H and O–H groups in total. The van der Waals surface area contributed by atoms with Gasteiger partial charge in [-0.15, -0.1) is 0 Å². The molecule has 0 amide bonds. The first-order chi connectivity index (χ1) is 15.6. The van der Waals surface area contributed by atoms with Gasteiger partial charge >= 0.3 is 0 Å². The maximum absolute atomic E-state index is 11.6. The van der Waals surface area contributed by atoms with Crippen molar-refractivity contribution in [3.63, 3.8) is 0 Å². The van der Waals surface area contributed by atoms with E-state index in [0.29, 0.717) is 6.42 Å². The van der Waals surface area contributed by atoms with Gasteiger partial charge in [-0.3, -0.25) is 4.79 Å². The van der Waals surface area contributed by atoms with Crippen molar-refractivity contribution in [2.24, 2.45) is 11.8 Å². The van der Waals surface area contributed by atoms with Gasteiger partial charge in [0, 0.05) is 46.0 Å². The van der Waals surface area contributed by atoms with E-state index in [1.54, 1.807) is 5.56 Å². The molecule has 1 aromatic heterocycles. The van der Waals surface area contributed by atoms with E-state index in [2.05, 4.69) is 40.4 Å². The van der Waals surface area contributed by atoms with Gasteiger partial charge < -0.3 is 19.9 Å². The Morgan fingerprint density at radius 1 is 1.03 bits per heavy atom. The van der Waals surface area contributed by atoms with Crippen molar-refractivity contribution >= 4 is 28.1 Å². The molecule has 1 atom stereocenters. The molecule has 3 aliphatic rings. The SMILES string of the molecule is CN1CCC(C2CCc3[nH]c4cc(Nc5ccc6c(c5)OCC(=O)C6)ccc4c3C2)CC1. The second-order valence-electron chi connectivity index (χ2n) is 9.94. The first-order valence-corrected chi connectivity index (χ1v) is 12.0. The van der Waals surface area contributed by atoms with Crippen LogP contribution in [-0.4, -0.2) is 42.4 Å². The van der Waals surface area contributed by atoms with E-state index in [1.165, 1.54) is 61.8 Å². The van der Waals surface area contributed by atoms with Crippen LogP contribution in [0.4, 0.5) is 11.4 Å². The number of Topliss-reactive ketones (excluding diaryl/α,β-unsaturated/α-hetero) is 1. The number of piperidine rings is 1. The van der Waals surface area contributed by atoms with Crippen molar-refractivity contribution in [3.8, 4) is 5.75 Å². The Balaban J connectivity index is 1.21. The van der Waals surface area contributed by atoms with Crippen LogP contribution in [0.2, 0.25) is 0 Å². The van der Waals surface area contributed by atoms with Crippen molar-refractivity contribution in [3.05, 3.63) is 53.2 Å². The van der Waals surface area contributed by atoms with Crippen LogP contribution >= 0.6 is 0 Å². The molecule has 0 bridgehead atoms. The van der Waals surface area contributed by atoms with E-state index in [-0.39, 0.29) is 12.4 Å². The van der Waals surface area contributed by atoms with Crippen LogP contribution in [0.1, 0.15) is 36.1 Å². The van der Waals surface area contributed by atoms with Crippen LogP contribution < -0.4 is 10.1 Å². The van der Waals surface area contributed by atoms with Crippen LogP contribution in [-0.2, 0) is 24.1 Å². The lowest BCUT2D eigenvalue weighted by molar-refractivity contribution is -0.121. The number of ether oxygens (including phenoxy) is 1. The highest BCUT2D eigenvalue weighted by Gasteiger charge is 2.30. The second kappa shape index (κ2) is 7.96. The summed E-state index contributed by atoms with van der Waals surface area (Å²) in [5, 5.41) is 4.90. The maximum atomic E-state index is 11.6. The van der Waals surface area contributed by atoms with Crippen molar-refractivity contribution in [1.29, 1.82) is 0 Å². The lowest BCUT2D eigenvalue weighted by Crippen LogP contribution is -2.35. The zero-order valence-corrected chi connectivity index (χ0v) is 18.7. The number of aryl methyl sites for hydroxylation is 1. The fraction of sp³-hybridized carbons (Fsp3) is 0.444. The number of benzene rings is 2. The smallest absolute Gasteiger partial charge is 0.174 e. The van der Waals surface area contributed by atoms with E-state index in [1.807, 2.05) is 18.2 Å². The average molecular weight is 430 g/mol. The summed E-state index contributed by atoms with van der Waals surface area (Å²) >= 11 is 0. The number of carbonyl (C=O) groups excluding carboxylic acids is 1. The number of likely N-dealkylation sites (tertiary alicyclic amines) is 1. The molecule has 166 valence electrons. The first-order valence-electron chi connectivity index (χ1n) is 12.0. The van der Waals surface area contributed by atoms with Crippen LogP contribution in [0.15, 0.2) is 36.4 Å². The zero-order chi connectivity index (χ0) is 21.7. The van der Waals surface area contributed by atoms with E-state index in [4.69, 9.17) is 4.74 Å². The number of ketones is 1. The number of rotatable bonds is 3. The highest BCUT2D eigenvalue weighted by atomic mass is 16.5. The van der Waals surface area contributed by atoms with Crippen LogP contribution in [0, 0.1) is 11.8 Å². The van der Waals surface area contributed by atoms with E-state index in [9.17, 15) is 4.79 Å². The number of aromatic nitrogens is 1. The van der Waals surface area contributed by atoms with Gasteiger partial charge in [-0.2, -0.15) is 0 Å².